The summed E-state index contributed by atoms with van der Waals surface area (Å²) in [6.07, 6.45) is -1.94. The van der Waals surface area contributed by atoms with E-state index in [1.54, 1.807) is 31.2 Å². The Bertz CT molecular complexity index is 797. The van der Waals surface area contributed by atoms with Crippen LogP contribution in [0.3, 0.4) is 0 Å². The number of benzene rings is 1. The molecule has 1 aromatic carbocycles. The predicted octanol–water partition coefficient (Wildman–Crippen LogP) is 3.85. The summed E-state index contributed by atoms with van der Waals surface area (Å²) in [5, 5.41) is 8.93. The Morgan fingerprint density at radius 3 is 2.54 bits per heavy atom. The van der Waals surface area contributed by atoms with Gasteiger partial charge in [-0.05, 0) is 44.0 Å². The van der Waals surface area contributed by atoms with Gasteiger partial charge in [-0.25, -0.2) is 5.01 Å². The molecule has 152 valence electrons. The monoisotopic (exact) mass is 396 g/mol. The van der Waals surface area contributed by atoms with E-state index in [0.29, 0.717) is 22.7 Å². The second-order valence-electron chi connectivity index (χ2n) is 6.80. The van der Waals surface area contributed by atoms with Crippen molar-refractivity contribution in [3.8, 4) is 17.0 Å². The molecule has 1 aromatic heterocycles. The lowest BCUT2D eigenvalue weighted by Gasteiger charge is -2.26. The van der Waals surface area contributed by atoms with E-state index in [1.807, 2.05) is 5.01 Å². The first kappa shape index (κ1) is 20.2. The topological polar surface area (TPSA) is 70.2 Å². The number of nitrogens with one attached hydrogen (secondary N) is 2. The highest BCUT2D eigenvalue weighted by atomic mass is 19.4. The third kappa shape index (κ3) is 5.25. The van der Waals surface area contributed by atoms with Crippen molar-refractivity contribution < 1.29 is 22.7 Å². The number of piperidine rings is 1. The van der Waals surface area contributed by atoms with Gasteiger partial charge < -0.3 is 4.74 Å². The fraction of sp³-hybridized carbons (Fsp3) is 0.474. The molecule has 9 heteroatoms. The molecule has 6 nitrogen and oxygen atoms in total. The normalized spacial score (nSPS) is 15.4. The third-order valence-corrected chi connectivity index (χ3v) is 4.63. The molecule has 0 atom stereocenters. The molecule has 28 heavy (non-hydrogen) atoms. The van der Waals surface area contributed by atoms with Crippen molar-refractivity contribution >= 4 is 5.91 Å². The number of hydrogen-bond donors (Lipinski definition) is 2. The zero-order valence-electron chi connectivity index (χ0n) is 15.6. The molecular formula is C19H23F3N4O2. The number of alkyl halides is 3. The van der Waals surface area contributed by atoms with Crippen LogP contribution in [0.15, 0.2) is 24.3 Å². The van der Waals surface area contributed by atoms with Gasteiger partial charge in [-0.15, -0.1) is 0 Å². The maximum atomic E-state index is 12.5. The van der Waals surface area contributed by atoms with Crippen molar-refractivity contribution in [2.24, 2.45) is 0 Å². The fourth-order valence-electron chi connectivity index (χ4n) is 3.10. The minimum absolute atomic E-state index is 0.231. The molecule has 0 aliphatic carbocycles. The van der Waals surface area contributed by atoms with Crippen LogP contribution in [-0.2, 0) is 0 Å². The van der Waals surface area contributed by atoms with Gasteiger partial charge in [-0.3, -0.25) is 15.3 Å². The van der Waals surface area contributed by atoms with Gasteiger partial charge in [0.25, 0.3) is 5.91 Å². The van der Waals surface area contributed by atoms with E-state index in [2.05, 4.69) is 15.6 Å². The molecule has 1 saturated heterocycles. The van der Waals surface area contributed by atoms with Crippen LogP contribution in [0.25, 0.3) is 11.3 Å². The van der Waals surface area contributed by atoms with Gasteiger partial charge in [0.05, 0.1) is 18.7 Å². The van der Waals surface area contributed by atoms with Crippen LogP contribution in [0, 0.1) is 6.92 Å². The minimum atomic E-state index is -4.24. The Labute approximate surface area is 161 Å². The average molecular weight is 396 g/mol. The van der Waals surface area contributed by atoms with E-state index in [0.717, 1.165) is 31.5 Å². The molecule has 0 radical (unpaired) electrons. The summed E-state index contributed by atoms with van der Waals surface area (Å²) >= 11 is 0. The molecule has 1 aliphatic rings. The summed E-state index contributed by atoms with van der Waals surface area (Å²) < 4.78 is 41.6. The van der Waals surface area contributed by atoms with Gasteiger partial charge in [0.1, 0.15) is 11.4 Å². The number of ether oxygens (including phenoxy) is 1. The van der Waals surface area contributed by atoms with E-state index < -0.39 is 19.2 Å². The molecule has 2 heterocycles. The molecule has 0 saturated carbocycles. The first-order valence-electron chi connectivity index (χ1n) is 9.24. The average Bonchev–Trinajstić information content (AvgIpc) is 3.04. The van der Waals surface area contributed by atoms with Crippen LogP contribution in [0.4, 0.5) is 13.2 Å². The smallest absolute Gasteiger partial charge is 0.392 e. The summed E-state index contributed by atoms with van der Waals surface area (Å²) in [4.78, 5) is 12.5. The van der Waals surface area contributed by atoms with Crippen LogP contribution in [-0.4, -0.2) is 47.0 Å². The first-order valence-corrected chi connectivity index (χ1v) is 9.24. The van der Waals surface area contributed by atoms with E-state index in [-0.39, 0.29) is 5.91 Å². The molecule has 3 rings (SSSR count). The molecule has 1 fully saturated rings. The molecule has 2 aromatic rings. The zero-order chi connectivity index (χ0) is 20.1. The van der Waals surface area contributed by atoms with Crippen LogP contribution in [0.2, 0.25) is 0 Å². The minimum Gasteiger partial charge on any atom is -0.493 e. The molecule has 0 spiro atoms. The molecule has 0 unspecified atom stereocenters. The van der Waals surface area contributed by atoms with Crippen molar-refractivity contribution in [3.05, 3.63) is 35.5 Å². The lowest BCUT2D eigenvalue weighted by atomic mass is 10.1. The SMILES string of the molecule is Cc1c(-c2ccc(OCCC(F)(F)F)cc2)n[nH]c1C(=O)NN1CCCCC1. The zero-order valence-corrected chi connectivity index (χ0v) is 15.6. The van der Waals surface area contributed by atoms with Crippen molar-refractivity contribution in [2.45, 2.75) is 38.8 Å². The summed E-state index contributed by atoms with van der Waals surface area (Å²) in [7, 11) is 0. The summed E-state index contributed by atoms with van der Waals surface area (Å²) in [5.74, 6) is 0.120. The lowest BCUT2D eigenvalue weighted by molar-refractivity contribution is -0.139. The Morgan fingerprint density at radius 1 is 1.21 bits per heavy atom. The second-order valence-corrected chi connectivity index (χ2v) is 6.80. The fourth-order valence-corrected chi connectivity index (χ4v) is 3.10. The molecule has 2 N–H and O–H groups in total. The van der Waals surface area contributed by atoms with Crippen molar-refractivity contribution in [1.29, 1.82) is 0 Å². The Balaban J connectivity index is 1.63. The van der Waals surface area contributed by atoms with E-state index >= 15 is 0 Å². The van der Waals surface area contributed by atoms with E-state index in [1.165, 1.54) is 6.42 Å². The number of carbonyl (C=O) groups is 1. The number of hydrazine groups is 1. The number of aromatic nitrogens is 2. The summed E-state index contributed by atoms with van der Waals surface area (Å²) in [6.45, 7) is 3.05. The van der Waals surface area contributed by atoms with Gasteiger partial charge >= 0.3 is 6.18 Å². The highest BCUT2D eigenvalue weighted by Gasteiger charge is 2.26. The lowest BCUT2D eigenvalue weighted by Crippen LogP contribution is -2.45. The standard InChI is InChI=1S/C19H23F3N4O2/c1-13-16(14-5-7-15(8-6-14)28-12-9-19(20,21)22)23-24-17(13)18(27)25-26-10-3-2-4-11-26/h5-8H,2-4,9-12H2,1H3,(H,23,24)(H,25,27). The Morgan fingerprint density at radius 2 is 1.89 bits per heavy atom. The van der Waals surface area contributed by atoms with Crippen LogP contribution in [0.1, 0.15) is 41.7 Å². The maximum Gasteiger partial charge on any atom is 0.392 e. The Hall–Kier alpha value is -2.55. The quantitative estimate of drug-likeness (QED) is 0.778. The van der Waals surface area contributed by atoms with E-state index in [9.17, 15) is 18.0 Å². The van der Waals surface area contributed by atoms with Gasteiger partial charge in [0.2, 0.25) is 0 Å². The van der Waals surface area contributed by atoms with Gasteiger partial charge in [-0.2, -0.15) is 18.3 Å². The van der Waals surface area contributed by atoms with Gasteiger partial charge in [0, 0.05) is 24.2 Å². The highest BCUT2D eigenvalue weighted by molar-refractivity contribution is 5.95. The van der Waals surface area contributed by atoms with Crippen molar-refractivity contribution in [3.63, 3.8) is 0 Å². The van der Waals surface area contributed by atoms with Crippen LogP contribution in [0.5, 0.6) is 5.75 Å². The largest absolute Gasteiger partial charge is 0.493 e. The third-order valence-electron chi connectivity index (χ3n) is 4.63. The number of halogens is 3. The molecule has 0 bridgehead atoms. The number of aromatic amines is 1. The van der Waals surface area contributed by atoms with Crippen molar-refractivity contribution in [1.82, 2.24) is 20.6 Å². The van der Waals surface area contributed by atoms with Crippen LogP contribution >= 0.6 is 0 Å². The van der Waals surface area contributed by atoms with E-state index in [4.69, 9.17) is 4.74 Å². The molecule has 1 aliphatic heterocycles. The van der Waals surface area contributed by atoms with Gasteiger partial charge in [-0.1, -0.05) is 6.42 Å². The molecular weight excluding hydrogens is 373 g/mol. The van der Waals surface area contributed by atoms with Crippen LogP contribution < -0.4 is 10.2 Å². The molecule has 1 amide bonds. The second kappa shape index (κ2) is 8.64. The summed E-state index contributed by atoms with van der Waals surface area (Å²) in [5.41, 5.74) is 5.36. The predicted molar refractivity (Wildman–Crippen MR) is 97.8 cm³/mol. The number of carbonyl (C=O) groups excluding carboxylic acids is 1. The summed E-state index contributed by atoms with van der Waals surface area (Å²) in [6, 6.07) is 6.59. The first-order chi connectivity index (χ1) is 13.3. The van der Waals surface area contributed by atoms with Gasteiger partial charge in [0.15, 0.2) is 0 Å². The number of H-pyrrole nitrogens is 1. The number of hydrogen-bond acceptors (Lipinski definition) is 4. The highest BCUT2D eigenvalue weighted by Crippen LogP contribution is 2.26. The van der Waals surface area contributed by atoms with Crippen molar-refractivity contribution in [2.75, 3.05) is 19.7 Å². The number of nitrogens with zero attached hydrogens (tertiary/aromatic N) is 2. The number of rotatable bonds is 6. The Kier molecular flexibility index (Phi) is 6.23. The number of amides is 1. The maximum absolute atomic E-state index is 12.5.